The molecule has 3 aromatic rings. The van der Waals surface area contributed by atoms with Crippen LogP contribution in [0.1, 0.15) is 33.7 Å². The molecule has 0 saturated carbocycles. The number of carbonyl (C=O) groups is 1. The first-order valence-electron chi connectivity index (χ1n) is 8.38. The van der Waals surface area contributed by atoms with Crippen LogP contribution in [-0.4, -0.2) is 25.7 Å². The summed E-state index contributed by atoms with van der Waals surface area (Å²) >= 11 is 0. The fourth-order valence-corrected chi connectivity index (χ4v) is 3.38. The molecule has 0 fully saturated rings. The van der Waals surface area contributed by atoms with Crippen molar-refractivity contribution >= 4 is 11.7 Å². The lowest BCUT2D eigenvalue weighted by Gasteiger charge is -2.06. The first-order chi connectivity index (χ1) is 12.1. The molecule has 126 valence electrons. The third kappa shape index (κ3) is 2.80. The molecule has 0 saturated heterocycles. The maximum atomic E-state index is 12.8. The Kier molecular flexibility index (Phi) is 3.80. The van der Waals surface area contributed by atoms with Gasteiger partial charge in [0.1, 0.15) is 5.82 Å². The van der Waals surface area contributed by atoms with Gasteiger partial charge in [0.15, 0.2) is 5.69 Å². The lowest BCUT2D eigenvalue weighted by molar-refractivity contribution is 0.102. The van der Waals surface area contributed by atoms with E-state index in [-0.39, 0.29) is 5.91 Å². The lowest BCUT2D eigenvalue weighted by Crippen LogP contribution is -2.16. The highest BCUT2D eigenvalue weighted by Gasteiger charge is 2.26. The number of hydrogen-bond acceptors (Lipinski definition) is 4. The molecule has 0 unspecified atom stereocenters. The summed E-state index contributed by atoms with van der Waals surface area (Å²) in [5.74, 6) is 0.311. The predicted octanol–water partition coefficient (Wildman–Crippen LogP) is 2.93. The molecule has 0 bridgehead atoms. The van der Waals surface area contributed by atoms with Gasteiger partial charge in [-0.3, -0.25) is 14.5 Å². The first-order valence-corrected chi connectivity index (χ1v) is 8.38. The molecule has 1 N–H and O–H groups in total. The van der Waals surface area contributed by atoms with Gasteiger partial charge in [-0.2, -0.15) is 5.10 Å². The molecule has 1 amide bonds. The van der Waals surface area contributed by atoms with Crippen LogP contribution in [0.2, 0.25) is 0 Å². The standard InChI is InChI=1S/C19H19N5O/c1-12-6-3-10-15(21-12)22-19(25)17-14-9-4-7-13-8-5-11-20-16(13)18(14)24(2)23-17/h3,5-6,8,10-11H,4,7,9H2,1-2H3,(H,21,22,25). The van der Waals surface area contributed by atoms with E-state index in [2.05, 4.69) is 26.4 Å². The molecule has 25 heavy (non-hydrogen) atoms. The minimum Gasteiger partial charge on any atom is -0.305 e. The molecule has 1 aliphatic carbocycles. The SMILES string of the molecule is Cc1cccc(NC(=O)c2nn(C)c3c2CCCc2cccnc2-3)n1. The van der Waals surface area contributed by atoms with Crippen molar-refractivity contribution in [3.05, 3.63) is 59.0 Å². The van der Waals surface area contributed by atoms with Crippen LogP contribution in [0.15, 0.2) is 36.5 Å². The van der Waals surface area contributed by atoms with Crippen molar-refractivity contribution in [2.45, 2.75) is 26.2 Å². The number of carbonyl (C=O) groups excluding carboxylic acids is 1. The highest BCUT2D eigenvalue weighted by molar-refractivity contribution is 6.04. The second-order valence-electron chi connectivity index (χ2n) is 6.28. The van der Waals surface area contributed by atoms with Gasteiger partial charge in [-0.1, -0.05) is 12.1 Å². The van der Waals surface area contributed by atoms with E-state index in [1.54, 1.807) is 16.9 Å². The summed E-state index contributed by atoms with van der Waals surface area (Å²) < 4.78 is 1.77. The molecule has 4 rings (SSSR count). The van der Waals surface area contributed by atoms with Crippen LogP contribution in [0.4, 0.5) is 5.82 Å². The minimum atomic E-state index is -0.227. The zero-order chi connectivity index (χ0) is 17.4. The van der Waals surface area contributed by atoms with Gasteiger partial charge in [0, 0.05) is 24.5 Å². The summed E-state index contributed by atoms with van der Waals surface area (Å²) in [7, 11) is 1.87. The molecule has 1 aliphatic rings. The van der Waals surface area contributed by atoms with E-state index < -0.39 is 0 Å². The Morgan fingerprint density at radius 1 is 1.20 bits per heavy atom. The molecule has 3 aromatic heterocycles. The van der Waals surface area contributed by atoms with Gasteiger partial charge in [0.05, 0.1) is 11.4 Å². The summed E-state index contributed by atoms with van der Waals surface area (Å²) in [6, 6.07) is 9.60. The quantitative estimate of drug-likeness (QED) is 0.782. The third-order valence-corrected chi connectivity index (χ3v) is 4.48. The van der Waals surface area contributed by atoms with Crippen LogP contribution in [-0.2, 0) is 19.9 Å². The Hall–Kier alpha value is -3.02. The van der Waals surface area contributed by atoms with E-state index in [9.17, 15) is 4.79 Å². The van der Waals surface area contributed by atoms with E-state index in [0.29, 0.717) is 11.5 Å². The largest absolute Gasteiger partial charge is 0.305 e. The van der Waals surface area contributed by atoms with E-state index >= 15 is 0 Å². The van der Waals surface area contributed by atoms with Gasteiger partial charge >= 0.3 is 0 Å². The summed E-state index contributed by atoms with van der Waals surface area (Å²) in [6.07, 6.45) is 4.53. The molecule has 0 spiro atoms. The first kappa shape index (κ1) is 15.5. The van der Waals surface area contributed by atoms with Crippen LogP contribution in [0.25, 0.3) is 11.4 Å². The van der Waals surface area contributed by atoms with E-state index in [1.165, 1.54) is 5.56 Å². The smallest absolute Gasteiger partial charge is 0.277 e. The van der Waals surface area contributed by atoms with Gasteiger partial charge in [0.2, 0.25) is 0 Å². The zero-order valence-corrected chi connectivity index (χ0v) is 14.3. The van der Waals surface area contributed by atoms with Crippen LogP contribution in [0.5, 0.6) is 0 Å². The van der Waals surface area contributed by atoms with Gasteiger partial charge < -0.3 is 5.32 Å². The van der Waals surface area contributed by atoms with Crippen molar-refractivity contribution < 1.29 is 4.79 Å². The van der Waals surface area contributed by atoms with Crippen LogP contribution in [0, 0.1) is 6.92 Å². The Morgan fingerprint density at radius 2 is 2.08 bits per heavy atom. The predicted molar refractivity (Wildman–Crippen MR) is 95.4 cm³/mol. The van der Waals surface area contributed by atoms with Crippen molar-refractivity contribution in [1.82, 2.24) is 19.7 Å². The number of hydrogen-bond donors (Lipinski definition) is 1. The van der Waals surface area contributed by atoms with Gasteiger partial charge in [-0.25, -0.2) is 4.98 Å². The molecular weight excluding hydrogens is 314 g/mol. The van der Waals surface area contributed by atoms with Crippen molar-refractivity contribution in [3.63, 3.8) is 0 Å². The molecule has 6 nitrogen and oxygen atoms in total. The Balaban J connectivity index is 1.75. The van der Waals surface area contributed by atoms with Crippen molar-refractivity contribution in [3.8, 4) is 11.4 Å². The Bertz CT molecular complexity index is 960. The second kappa shape index (κ2) is 6.12. The third-order valence-electron chi connectivity index (χ3n) is 4.48. The number of fused-ring (bicyclic) bond motifs is 3. The molecule has 6 heteroatoms. The van der Waals surface area contributed by atoms with Crippen molar-refractivity contribution in [2.75, 3.05) is 5.32 Å². The van der Waals surface area contributed by atoms with E-state index in [0.717, 1.165) is 41.9 Å². The molecule has 0 radical (unpaired) electrons. The number of anilines is 1. The minimum absolute atomic E-state index is 0.227. The Labute approximate surface area is 145 Å². The molecular formula is C19H19N5O. The lowest BCUT2D eigenvalue weighted by atomic mass is 10.1. The summed E-state index contributed by atoms with van der Waals surface area (Å²) in [4.78, 5) is 21.7. The highest BCUT2D eigenvalue weighted by Crippen LogP contribution is 2.32. The number of nitrogens with zero attached hydrogens (tertiary/aromatic N) is 4. The van der Waals surface area contributed by atoms with Crippen LogP contribution >= 0.6 is 0 Å². The number of aromatic nitrogens is 4. The average molecular weight is 333 g/mol. The fraction of sp³-hybridized carbons (Fsp3) is 0.263. The highest BCUT2D eigenvalue weighted by atomic mass is 16.2. The normalized spacial score (nSPS) is 12.9. The number of pyridine rings is 2. The molecule has 0 aromatic carbocycles. The number of amides is 1. The number of aryl methyl sites for hydroxylation is 3. The summed E-state index contributed by atoms with van der Waals surface area (Å²) in [5, 5.41) is 7.35. The maximum Gasteiger partial charge on any atom is 0.277 e. The van der Waals surface area contributed by atoms with Crippen LogP contribution in [0.3, 0.4) is 0 Å². The molecule has 0 aliphatic heterocycles. The number of nitrogens with one attached hydrogen (secondary N) is 1. The van der Waals surface area contributed by atoms with Crippen molar-refractivity contribution in [2.24, 2.45) is 7.05 Å². The number of rotatable bonds is 2. The van der Waals surface area contributed by atoms with Crippen molar-refractivity contribution in [1.29, 1.82) is 0 Å². The molecule has 0 atom stereocenters. The summed E-state index contributed by atoms with van der Waals surface area (Å²) in [6.45, 7) is 1.89. The summed E-state index contributed by atoms with van der Waals surface area (Å²) in [5.41, 5.74) is 5.35. The van der Waals surface area contributed by atoms with Gasteiger partial charge in [-0.15, -0.1) is 0 Å². The van der Waals surface area contributed by atoms with Crippen LogP contribution < -0.4 is 5.32 Å². The zero-order valence-electron chi connectivity index (χ0n) is 14.3. The monoisotopic (exact) mass is 333 g/mol. The van der Waals surface area contributed by atoms with E-state index in [1.807, 2.05) is 32.2 Å². The Morgan fingerprint density at radius 3 is 2.92 bits per heavy atom. The average Bonchev–Trinajstić information content (AvgIpc) is 2.80. The van der Waals surface area contributed by atoms with Gasteiger partial charge in [-0.05, 0) is 49.9 Å². The second-order valence-corrected chi connectivity index (χ2v) is 6.28. The van der Waals surface area contributed by atoms with Gasteiger partial charge in [0.25, 0.3) is 5.91 Å². The van der Waals surface area contributed by atoms with E-state index in [4.69, 9.17) is 0 Å². The molecule has 3 heterocycles. The fourth-order valence-electron chi connectivity index (χ4n) is 3.38. The topological polar surface area (TPSA) is 72.7 Å². The maximum absolute atomic E-state index is 12.8.